The number of nitrogens with zero attached hydrogens (tertiary/aromatic N) is 2. The molecule has 178 valence electrons. The summed E-state index contributed by atoms with van der Waals surface area (Å²) >= 11 is 5.18. The average Bonchev–Trinajstić information content (AvgIpc) is 2.77. The number of anilines is 2. The molecule has 8 heteroatoms. The number of methoxy groups -OCH3 is 1. The first-order valence-electron chi connectivity index (χ1n) is 11.2. The Balaban J connectivity index is 1.83. The number of hydrogen-bond acceptors (Lipinski definition) is 5. The highest BCUT2D eigenvalue weighted by Gasteiger charge is 2.38. The smallest absolute Gasteiger partial charge is 0.270 e. The highest BCUT2D eigenvalue weighted by molar-refractivity contribution is 7.80. The Kier molecular flexibility index (Phi) is 6.20. The zero-order valence-corrected chi connectivity index (χ0v) is 20.8. The largest absolute Gasteiger partial charge is 0.496 e. The molecule has 34 heavy (non-hydrogen) atoms. The van der Waals surface area contributed by atoms with Crippen molar-refractivity contribution in [3.8, 4) is 5.75 Å². The van der Waals surface area contributed by atoms with Crippen LogP contribution in [-0.2, 0) is 9.59 Å². The van der Waals surface area contributed by atoms with Gasteiger partial charge in [-0.15, -0.1) is 0 Å². The maximum absolute atomic E-state index is 14.4. The fraction of sp³-hybridized carbons (Fsp3) is 0.346. The van der Waals surface area contributed by atoms with Crippen LogP contribution in [0.1, 0.15) is 51.2 Å². The Morgan fingerprint density at radius 2 is 1.94 bits per heavy atom. The first-order valence-corrected chi connectivity index (χ1v) is 11.7. The second kappa shape index (κ2) is 8.83. The molecule has 0 saturated carbocycles. The highest BCUT2D eigenvalue weighted by Crippen LogP contribution is 2.46. The van der Waals surface area contributed by atoms with E-state index in [0.29, 0.717) is 11.3 Å². The molecule has 6 nitrogen and oxygen atoms in total. The Morgan fingerprint density at radius 3 is 2.59 bits per heavy atom. The molecule has 2 aromatic rings. The topological polar surface area (TPSA) is 61.9 Å². The SMILES string of the molecule is CCN1c2cc(OC)c(/C=C3/C(=O)NC(=S)N(c4ccccc4F)C3=O)cc2C(C)CC1(C)C. The van der Waals surface area contributed by atoms with Gasteiger partial charge in [0, 0.05) is 29.4 Å². The minimum Gasteiger partial charge on any atom is -0.496 e. The van der Waals surface area contributed by atoms with Gasteiger partial charge in [0.25, 0.3) is 11.8 Å². The second-order valence-electron chi connectivity index (χ2n) is 9.22. The van der Waals surface area contributed by atoms with E-state index in [1.807, 2.05) is 12.1 Å². The van der Waals surface area contributed by atoms with Crippen molar-refractivity contribution in [2.24, 2.45) is 0 Å². The van der Waals surface area contributed by atoms with Gasteiger partial charge in [-0.1, -0.05) is 19.1 Å². The summed E-state index contributed by atoms with van der Waals surface area (Å²) in [5.74, 6) is -1.12. The lowest BCUT2D eigenvalue weighted by Crippen LogP contribution is -2.54. The van der Waals surface area contributed by atoms with Crippen LogP contribution >= 0.6 is 12.2 Å². The van der Waals surface area contributed by atoms with Crippen LogP contribution < -0.4 is 19.9 Å². The molecule has 2 aromatic carbocycles. The van der Waals surface area contributed by atoms with Gasteiger partial charge in [0.05, 0.1) is 12.8 Å². The fourth-order valence-electron chi connectivity index (χ4n) is 5.08. The molecule has 1 saturated heterocycles. The van der Waals surface area contributed by atoms with Crippen molar-refractivity contribution in [3.63, 3.8) is 0 Å². The Labute approximate surface area is 204 Å². The van der Waals surface area contributed by atoms with E-state index in [1.165, 1.54) is 24.3 Å². The van der Waals surface area contributed by atoms with E-state index < -0.39 is 17.6 Å². The molecule has 2 aliphatic heterocycles. The second-order valence-corrected chi connectivity index (χ2v) is 9.61. The van der Waals surface area contributed by atoms with Gasteiger partial charge in [-0.2, -0.15) is 0 Å². The number of nitrogens with one attached hydrogen (secondary N) is 1. The van der Waals surface area contributed by atoms with Gasteiger partial charge < -0.3 is 9.64 Å². The first kappa shape index (κ1) is 23.9. The van der Waals surface area contributed by atoms with Crippen LogP contribution in [0.25, 0.3) is 6.08 Å². The minimum atomic E-state index is -0.692. The van der Waals surface area contributed by atoms with Crippen molar-refractivity contribution in [3.05, 3.63) is 58.9 Å². The summed E-state index contributed by atoms with van der Waals surface area (Å²) in [7, 11) is 1.56. The summed E-state index contributed by atoms with van der Waals surface area (Å²) in [6, 6.07) is 9.74. The van der Waals surface area contributed by atoms with Gasteiger partial charge in [0.15, 0.2) is 5.11 Å². The lowest BCUT2D eigenvalue weighted by molar-refractivity contribution is -0.122. The number of hydrogen-bond donors (Lipinski definition) is 1. The van der Waals surface area contributed by atoms with E-state index in [4.69, 9.17) is 17.0 Å². The molecule has 1 unspecified atom stereocenters. The number of halogens is 1. The molecule has 0 spiro atoms. The highest BCUT2D eigenvalue weighted by atomic mass is 32.1. The Hall–Kier alpha value is -3.26. The molecule has 1 fully saturated rings. The fourth-order valence-corrected chi connectivity index (χ4v) is 5.35. The van der Waals surface area contributed by atoms with Crippen LogP contribution in [0.5, 0.6) is 5.75 Å². The van der Waals surface area contributed by atoms with E-state index in [0.717, 1.165) is 29.1 Å². The number of ether oxygens (including phenoxy) is 1. The van der Waals surface area contributed by atoms with Crippen molar-refractivity contribution in [2.45, 2.75) is 45.6 Å². The maximum Gasteiger partial charge on any atom is 0.270 e. The Bertz CT molecular complexity index is 1220. The van der Waals surface area contributed by atoms with Crippen LogP contribution in [0.4, 0.5) is 15.8 Å². The van der Waals surface area contributed by atoms with Crippen LogP contribution in [0.3, 0.4) is 0 Å². The zero-order chi connectivity index (χ0) is 24.8. The van der Waals surface area contributed by atoms with Crippen LogP contribution in [0.2, 0.25) is 0 Å². The minimum absolute atomic E-state index is 0.0126. The van der Waals surface area contributed by atoms with Crippen molar-refractivity contribution < 1.29 is 18.7 Å². The summed E-state index contributed by atoms with van der Waals surface area (Å²) < 4.78 is 20.1. The first-order chi connectivity index (χ1) is 16.1. The molecule has 2 heterocycles. The molecule has 4 rings (SSSR count). The molecule has 0 aliphatic carbocycles. The summed E-state index contributed by atoms with van der Waals surface area (Å²) in [6.45, 7) is 9.59. The zero-order valence-electron chi connectivity index (χ0n) is 19.9. The summed E-state index contributed by atoms with van der Waals surface area (Å²) in [5.41, 5.74) is 2.63. The summed E-state index contributed by atoms with van der Waals surface area (Å²) in [4.78, 5) is 29.4. The molecule has 2 aliphatic rings. The molecule has 2 amide bonds. The van der Waals surface area contributed by atoms with Crippen LogP contribution in [0, 0.1) is 5.82 Å². The third-order valence-corrected chi connectivity index (χ3v) is 6.83. The molecular formula is C26H28FN3O3S. The molecule has 0 aromatic heterocycles. The molecule has 1 N–H and O–H groups in total. The van der Waals surface area contributed by atoms with Gasteiger partial charge in [-0.25, -0.2) is 9.29 Å². The number of fused-ring (bicyclic) bond motifs is 1. The number of thiocarbonyl (C=S) groups is 1. The molecule has 0 radical (unpaired) electrons. The number of benzene rings is 2. The lowest BCUT2D eigenvalue weighted by atomic mass is 9.79. The van der Waals surface area contributed by atoms with Crippen molar-refractivity contribution in [2.75, 3.05) is 23.5 Å². The number of amides is 2. The monoisotopic (exact) mass is 481 g/mol. The quantitative estimate of drug-likeness (QED) is 0.387. The van der Waals surface area contributed by atoms with Gasteiger partial charge in [0.2, 0.25) is 0 Å². The number of para-hydroxylation sites is 1. The van der Waals surface area contributed by atoms with Crippen molar-refractivity contribution >= 4 is 46.6 Å². The summed E-state index contributed by atoms with van der Waals surface area (Å²) in [5, 5.41) is 2.34. The predicted molar refractivity (Wildman–Crippen MR) is 136 cm³/mol. The van der Waals surface area contributed by atoms with Gasteiger partial charge in [-0.05, 0) is 75.2 Å². The van der Waals surface area contributed by atoms with Gasteiger partial charge in [-0.3, -0.25) is 14.9 Å². The van der Waals surface area contributed by atoms with E-state index in [9.17, 15) is 14.0 Å². The van der Waals surface area contributed by atoms with Crippen molar-refractivity contribution in [1.29, 1.82) is 0 Å². The predicted octanol–water partition coefficient (Wildman–Crippen LogP) is 4.78. The standard InChI is InChI=1S/C26H28FN3O3S/c1-6-29-21-13-22(33-5)16(11-17(21)15(2)14-26(29,3)4)12-18-23(31)28-25(34)30(24(18)32)20-10-8-7-9-19(20)27/h7-13,15H,6,14H2,1-5H3,(H,28,31,34)/b18-12-. The van der Waals surface area contributed by atoms with Crippen LogP contribution in [-0.4, -0.2) is 36.1 Å². The molecular weight excluding hydrogens is 453 g/mol. The third-order valence-electron chi connectivity index (χ3n) is 6.55. The Morgan fingerprint density at radius 1 is 1.24 bits per heavy atom. The number of carbonyl (C=O) groups is 2. The third kappa shape index (κ3) is 3.96. The normalized spacial score (nSPS) is 20.9. The average molecular weight is 482 g/mol. The molecule has 1 atom stereocenters. The maximum atomic E-state index is 14.4. The van der Waals surface area contributed by atoms with E-state index in [1.54, 1.807) is 13.2 Å². The van der Waals surface area contributed by atoms with Gasteiger partial charge >= 0.3 is 0 Å². The summed E-state index contributed by atoms with van der Waals surface area (Å²) in [6.07, 6.45) is 2.46. The lowest BCUT2D eigenvalue weighted by Gasteiger charge is -2.47. The van der Waals surface area contributed by atoms with Crippen LogP contribution in [0.15, 0.2) is 42.0 Å². The van der Waals surface area contributed by atoms with E-state index in [2.05, 4.69) is 37.9 Å². The van der Waals surface area contributed by atoms with E-state index >= 15 is 0 Å². The van der Waals surface area contributed by atoms with Crippen molar-refractivity contribution in [1.82, 2.24) is 5.32 Å². The van der Waals surface area contributed by atoms with Gasteiger partial charge in [0.1, 0.15) is 17.1 Å². The number of rotatable bonds is 4. The molecule has 0 bridgehead atoms. The van der Waals surface area contributed by atoms with E-state index in [-0.39, 0.29) is 27.8 Å². The number of carbonyl (C=O) groups excluding carboxylic acids is 2.